The van der Waals surface area contributed by atoms with E-state index in [2.05, 4.69) is 22.4 Å². The Balaban J connectivity index is 1.69. The van der Waals surface area contributed by atoms with Gasteiger partial charge in [-0.2, -0.15) is 5.10 Å². The molecule has 0 saturated carbocycles. The number of aryl methyl sites for hydroxylation is 1. The lowest BCUT2D eigenvalue weighted by Gasteiger charge is -2.35. The van der Waals surface area contributed by atoms with E-state index >= 15 is 0 Å². The molecule has 3 rings (SSSR count). The van der Waals surface area contributed by atoms with Gasteiger partial charge in [0.05, 0.1) is 12.0 Å². The van der Waals surface area contributed by atoms with Gasteiger partial charge in [0, 0.05) is 44.2 Å². The fourth-order valence-corrected chi connectivity index (χ4v) is 3.90. The Kier molecular flexibility index (Phi) is 5.29. The van der Waals surface area contributed by atoms with Gasteiger partial charge in [-0.3, -0.25) is 10.00 Å². The molecule has 136 valence electrons. The van der Waals surface area contributed by atoms with Crippen LogP contribution in [0, 0.1) is 0 Å². The van der Waals surface area contributed by atoms with E-state index in [1.165, 1.54) is 0 Å². The number of rotatable bonds is 4. The lowest BCUT2D eigenvalue weighted by Crippen LogP contribution is -2.48. The first-order valence-corrected chi connectivity index (χ1v) is 9.25. The van der Waals surface area contributed by atoms with Crippen LogP contribution in [0.5, 0.6) is 5.75 Å². The van der Waals surface area contributed by atoms with Crippen molar-refractivity contribution >= 4 is 23.2 Å². The van der Waals surface area contributed by atoms with E-state index in [9.17, 15) is 4.79 Å². The topological polar surface area (TPSA) is 62.6 Å². The summed E-state index contributed by atoms with van der Waals surface area (Å²) in [5.41, 5.74) is 0.825. The van der Waals surface area contributed by atoms with Crippen LogP contribution in [-0.2, 0) is 7.05 Å². The van der Waals surface area contributed by atoms with Crippen molar-refractivity contribution < 1.29 is 9.53 Å². The SMILES string of the molecule is COc1csc(-c2cc(NC(=O)N(C)[C@@H]3CCCN(C)C3)n(C)n2)c1. The molecule has 1 fully saturated rings. The van der Waals surface area contributed by atoms with Crippen LogP contribution >= 0.6 is 11.3 Å². The van der Waals surface area contributed by atoms with Crippen molar-refractivity contribution in [3.05, 3.63) is 17.5 Å². The smallest absolute Gasteiger partial charge is 0.323 e. The van der Waals surface area contributed by atoms with E-state index in [0.717, 1.165) is 42.3 Å². The summed E-state index contributed by atoms with van der Waals surface area (Å²) in [5.74, 6) is 1.50. The maximum absolute atomic E-state index is 12.6. The molecule has 0 aliphatic carbocycles. The Hall–Kier alpha value is -2.06. The van der Waals surface area contributed by atoms with E-state index in [-0.39, 0.29) is 12.1 Å². The van der Waals surface area contributed by atoms with E-state index < -0.39 is 0 Å². The zero-order chi connectivity index (χ0) is 18.0. The Morgan fingerprint density at radius 1 is 1.44 bits per heavy atom. The molecule has 1 saturated heterocycles. The number of likely N-dealkylation sites (tertiary alicyclic amines) is 1. The maximum atomic E-state index is 12.6. The summed E-state index contributed by atoms with van der Waals surface area (Å²) in [7, 11) is 7.44. The minimum absolute atomic E-state index is 0.0985. The number of methoxy groups -OCH3 is 1. The monoisotopic (exact) mass is 363 g/mol. The first kappa shape index (κ1) is 17.8. The van der Waals surface area contributed by atoms with Crippen LogP contribution < -0.4 is 10.1 Å². The number of carbonyl (C=O) groups excluding carboxylic acids is 1. The Bertz CT molecular complexity index is 741. The van der Waals surface area contributed by atoms with Gasteiger partial charge < -0.3 is 14.5 Å². The molecule has 8 heteroatoms. The molecular formula is C17H25N5O2S. The normalized spacial score (nSPS) is 18.2. The molecule has 1 atom stereocenters. The quantitative estimate of drug-likeness (QED) is 0.907. The molecule has 1 aliphatic heterocycles. The second kappa shape index (κ2) is 7.45. The zero-order valence-electron chi connectivity index (χ0n) is 15.2. The Morgan fingerprint density at radius 2 is 2.24 bits per heavy atom. The van der Waals surface area contributed by atoms with Gasteiger partial charge in [0.15, 0.2) is 0 Å². The second-order valence-electron chi connectivity index (χ2n) is 6.49. The van der Waals surface area contributed by atoms with Gasteiger partial charge in [0.25, 0.3) is 0 Å². The van der Waals surface area contributed by atoms with Crippen LogP contribution in [0.3, 0.4) is 0 Å². The molecule has 7 nitrogen and oxygen atoms in total. The molecule has 0 aromatic carbocycles. The summed E-state index contributed by atoms with van der Waals surface area (Å²) in [6.45, 7) is 2.01. The highest BCUT2D eigenvalue weighted by atomic mass is 32.1. The number of piperidine rings is 1. The number of amides is 2. The van der Waals surface area contributed by atoms with Crippen molar-refractivity contribution in [1.82, 2.24) is 19.6 Å². The van der Waals surface area contributed by atoms with Gasteiger partial charge in [0.2, 0.25) is 0 Å². The molecule has 0 spiro atoms. The number of hydrogen-bond donors (Lipinski definition) is 1. The van der Waals surface area contributed by atoms with Crippen molar-refractivity contribution in [2.45, 2.75) is 18.9 Å². The molecule has 3 heterocycles. The van der Waals surface area contributed by atoms with Crippen molar-refractivity contribution in [2.75, 3.05) is 39.6 Å². The number of nitrogens with one attached hydrogen (secondary N) is 1. The highest BCUT2D eigenvalue weighted by Gasteiger charge is 2.25. The Morgan fingerprint density at radius 3 is 2.92 bits per heavy atom. The third-order valence-electron chi connectivity index (χ3n) is 4.65. The van der Waals surface area contributed by atoms with Gasteiger partial charge >= 0.3 is 6.03 Å². The number of aromatic nitrogens is 2. The summed E-state index contributed by atoms with van der Waals surface area (Å²) >= 11 is 1.57. The molecule has 2 aromatic heterocycles. The molecule has 25 heavy (non-hydrogen) atoms. The van der Waals surface area contributed by atoms with Crippen LogP contribution in [0.25, 0.3) is 10.6 Å². The minimum Gasteiger partial charge on any atom is -0.496 e. The fourth-order valence-electron chi connectivity index (χ4n) is 3.08. The summed E-state index contributed by atoms with van der Waals surface area (Å²) < 4.78 is 6.92. The number of ether oxygens (including phenoxy) is 1. The third-order valence-corrected chi connectivity index (χ3v) is 5.58. The number of anilines is 1. The average Bonchev–Trinajstić information content (AvgIpc) is 3.21. The van der Waals surface area contributed by atoms with Crippen LogP contribution in [-0.4, -0.2) is 65.9 Å². The first-order chi connectivity index (χ1) is 12.0. The zero-order valence-corrected chi connectivity index (χ0v) is 16.0. The standard InChI is InChI=1S/C17H25N5O2S/c1-20-7-5-6-12(10-20)21(2)17(23)18-16-9-14(19-22(16)3)15-8-13(24-4)11-25-15/h8-9,11-12H,5-7,10H2,1-4H3,(H,18,23)/t12-/m1/s1. The van der Waals surface area contributed by atoms with Gasteiger partial charge in [0.1, 0.15) is 17.3 Å². The number of carbonyl (C=O) groups is 1. The molecular weight excluding hydrogens is 338 g/mol. The summed E-state index contributed by atoms with van der Waals surface area (Å²) in [6.07, 6.45) is 2.16. The lowest BCUT2D eigenvalue weighted by atomic mass is 10.1. The molecule has 0 unspecified atom stereocenters. The molecule has 2 amide bonds. The van der Waals surface area contributed by atoms with Crippen LogP contribution in [0.2, 0.25) is 0 Å². The number of urea groups is 1. The number of thiophene rings is 1. The molecule has 1 N–H and O–H groups in total. The third kappa shape index (κ3) is 3.96. The van der Waals surface area contributed by atoms with Crippen LogP contribution in [0.4, 0.5) is 10.6 Å². The van der Waals surface area contributed by atoms with Gasteiger partial charge in [-0.25, -0.2) is 4.79 Å². The molecule has 1 aliphatic rings. The van der Waals surface area contributed by atoms with E-state index in [4.69, 9.17) is 4.74 Å². The van der Waals surface area contributed by atoms with Crippen molar-refractivity contribution in [1.29, 1.82) is 0 Å². The number of likely N-dealkylation sites (N-methyl/N-ethyl adjacent to an activating group) is 2. The van der Waals surface area contributed by atoms with Crippen molar-refractivity contribution in [2.24, 2.45) is 7.05 Å². The predicted octanol–water partition coefficient (Wildman–Crippen LogP) is 2.72. The van der Waals surface area contributed by atoms with E-state index in [1.807, 2.05) is 31.6 Å². The highest BCUT2D eigenvalue weighted by Crippen LogP contribution is 2.31. The lowest BCUT2D eigenvalue weighted by molar-refractivity contribution is 0.148. The molecule has 0 radical (unpaired) electrons. The molecule has 0 bridgehead atoms. The van der Waals surface area contributed by atoms with Crippen molar-refractivity contribution in [3.8, 4) is 16.3 Å². The van der Waals surface area contributed by atoms with E-state index in [1.54, 1.807) is 28.0 Å². The average molecular weight is 363 g/mol. The largest absolute Gasteiger partial charge is 0.496 e. The Labute approximate surface area is 152 Å². The van der Waals surface area contributed by atoms with Gasteiger partial charge in [-0.05, 0) is 26.4 Å². The fraction of sp³-hybridized carbons (Fsp3) is 0.529. The summed E-state index contributed by atoms with van der Waals surface area (Å²) in [4.78, 5) is 17.7. The van der Waals surface area contributed by atoms with Crippen molar-refractivity contribution in [3.63, 3.8) is 0 Å². The molecule has 2 aromatic rings. The van der Waals surface area contributed by atoms with Gasteiger partial charge in [-0.1, -0.05) is 0 Å². The first-order valence-electron chi connectivity index (χ1n) is 8.37. The van der Waals surface area contributed by atoms with Crippen LogP contribution in [0.1, 0.15) is 12.8 Å². The maximum Gasteiger partial charge on any atom is 0.323 e. The second-order valence-corrected chi connectivity index (χ2v) is 7.40. The van der Waals surface area contributed by atoms with E-state index in [0.29, 0.717) is 5.82 Å². The summed E-state index contributed by atoms with van der Waals surface area (Å²) in [5, 5.41) is 9.41. The number of hydrogen-bond acceptors (Lipinski definition) is 5. The minimum atomic E-state index is -0.0985. The van der Waals surface area contributed by atoms with Crippen LogP contribution in [0.15, 0.2) is 17.5 Å². The predicted molar refractivity (Wildman–Crippen MR) is 100 cm³/mol. The summed E-state index contributed by atoms with van der Waals surface area (Å²) in [6, 6.07) is 3.98. The number of nitrogens with zero attached hydrogens (tertiary/aromatic N) is 4. The highest BCUT2D eigenvalue weighted by molar-refractivity contribution is 7.13. The van der Waals surface area contributed by atoms with Gasteiger partial charge in [-0.15, -0.1) is 11.3 Å².